The van der Waals surface area contributed by atoms with Crippen LogP contribution in [-0.4, -0.2) is 53.5 Å². The number of esters is 1. The highest BCUT2D eigenvalue weighted by molar-refractivity contribution is 6.44. The molecule has 2 aliphatic carbocycles. The third-order valence-corrected chi connectivity index (χ3v) is 6.35. The van der Waals surface area contributed by atoms with E-state index in [4.69, 9.17) is 34.4 Å². The first-order valence-corrected chi connectivity index (χ1v) is 10.8. The lowest BCUT2D eigenvalue weighted by Crippen LogP contribution is -2.32. The van der Waals surface area contributed by atoms with Crippen LogP contribution in [0.25, 0.3) is 0 Å². The highest BCUT2D eigenvalue weighted by atomic mass is 35.5. The minimum Gasteiger partial charge on any atom is -0.481 e. The monoisotopic (exact) mass is 434 g/mol. The maximum absolute atomic E-state index is 12.5. The molecule has 3 unspecified atom stereocenters. The van der Waals surface area contributed by atoms with Crippen molar-refractivity contribution in [2.45, 2.75) is 63.3 Å². The second-order valence-corrected chi connectivity index (χ2v) is 10.1. The summed E-state index contributed by atoms with van der Waals surface area (Å²) in [4.78, 5) is 23.3. The summed E-state index contributed by atoms with van der Waals surface area (Å²) in [5, 5.41) is 7.92. The van der Waals surface area contributed by atoms with E-state index in [0.717, 1.165) is 25.7 Å². The number of halogens is 2. The standard InChI is InChI=1S/C18H29NO2.C3H4Cl2O2/c1-12-6-5-9-18(2)10-15(18)16-13(8-7-12)14(11-19(3)4)17(20)21-16;4-2(5)1-3(6)7/h6,13-16H,5,7-11H2,1-4H3;2H,1H2,(H,6,7)/b12-6+;/t13?,14-,15?,16?,18-;/m0./s1/i14D;. The van der Waals surface area contributed by atoms with E-state index in [1.807, 2.05) is 19.0 Å². The van der Waals surface area contributed by atoms with Gasteiger partial charge in [0.1, 0.15) is 10.9 Å². The number of rotatable bonds is 4. The minimum absolute atomic E-state index is 0.0238. The van der Waals surface area contributed by atoms with Crippen molar-refractivity contribution in [1.82, 2.24) is 4.90 Å². The van der Waals surface area contributed by atoms with Gasteiger partial charge < -0.3 is 14.7 Å². The molecule has 0 amide bonds. The highest BCUT2D eigenvalue weighted by Gasteiger charge is 2.60. The average Bonchev–Trinajstić information content (AvgIpc) is 3.16. The number of alkyl halides is 2. The number of hydrogen-bond donors (Lipinski definition) is 1. The maximum Gasteiger partial charge on any atom is 0.310 e. The largest absolute Gasteiger partial charge is 0.481 e. The highest BCUT2D eigenvalue weighted by Crippen LogP contribution is 2.61. The molecule has 0 spiro atoms. The van der Waals surface area contributed by atoms with Gasteiger partial charge in [0.15, 0.2) is 0 Å². The van der Waals surface area contributed by atoms with E-state index in [-0.39, 0.29) is 24.4 Å². The number of carboxylic acid groups (broad SMARTS) is 1. The van der Waals surface area contributed by atoms with Crippen LogP contribution in [0.2, 0.25) is 0 Å². The Kier molecular flexibility index (Phi) is 7.68. The molecule has 3 aliphatic rings. The fourth-order valence-corrected chi connectivity index (χ4v) is 4.63. The van der Waals surface area contributed by atoms with Gasteiger partial charge in [0.05, 0.1) is 12.3 Å². The van der Waals surface area contributed by atoms with Crippen LogP contribution in [0, 0.1) is 23.1 Å². The lowest BCUT2D eigenvalue weighted by molar-refractivity contribution is -0.145. The number of ether oxygens (including phenoxy) is 1. The molecule has 7 heteroatoms. The van der Waals surface area contributed by atoms with Crippen LogP contribution in [0.5, 0.6) is 0 Å². The van der Waals surface area contributed by atoms with Crippen molar-refractivity contribution < 1.29 is 20.8 Å². The van der Waals surface area contributed by atoms with Gasteiger partial charge in [-0.15, -0.1) is 23.2 Å². The molecule has 160 valence electrons. The zero-order valence-electron chi connectivity index (χ0n) is 18.2. The van der Waals surface area contributed by atoms with Gasteiger partial charge in [0.2, 0.25) is 0 Å². The number of fused-ring (bicyclic) bond motifs is 3. The van der Waals surface area contributed by atoms with Gasteiger partial charge in [-0.25, -0.2) is 0 Å². The van der Waals surface area contributed by atoms with E-state index >= 15 is 0 Å². The molecule has 2 fully saturated rings. The average molecular weight is 435 g/mol. The molecular weight excluding hydrogens is 401 g/mol. The van der Waals surface area contributed by atoms with Crippen molar-refractivity contribution in [2.24, 2.45) is 23.1 Å². The van der Waals surface area contributed by atoms with Crippen molar-refractivity contribution in [2.75, 3.05) is 20.6 Å². The van der Waals surface area contributed by atoms with Gasteiger partial charge in [-0.1, -0.05) is 18.6 Å². The number of carboxylic acids is 1. The Hall–Kier alpha value is -0.780. The summed E-state index contributed by atoms with van der Waals surface area (Å²) in [5.74, 6) is -1.89. The minimum atomic E-state index is -1.10. The van der Waals surface area contributed by atoms with Crippen LogP contribution in [0.1, 0.15) is 53.7 Å². The van der Waals surface area contributed by atoms with Gasteiger partial charge in [0.25, 0.3) is 0 Å². The van der Waals surface area contributed by atoms with E-state index in [2.05, 4.69) is 19.9 Å². The Morgan fingerprint density at radius 2 is 2.18 bits per heavy atom. The zero-order chi connectivity index (χ0) is 22.0. The van der Waals surface area contributed by atoms with Crippen LogP contribution < -0.4 is 0 Å². The molecule has 0 aromatic heterocycles. The molecule has 0 bridgehead atoms. The summed E-state index contributed by atoms with van der Waals surface area (Å²) < 4.78 is 14.6. The summed E-state index contributed by atoms with van der Waals surface area (Å²) in [7, 11) is 3.87. The number of allylic oxidation sites excluding steroid dienone is 2. The number of nitrogens with zero attached hydrogens (tertiary/aromatic N) is 1. The first-order chi connectivity index (χ1) is 13.4. The molecule has 1 saturated carbocycles. The number of carbonyl (C=O) groups is 2. The molecule has 1 N–H and O–H groups in total. The summed E-state index contributed by atoms with van der Waals surface area (Å²) in [5.41, 5.74) is 1.70. The van der Waals surface area contributed by atoms with E-state index in [9.17, 15) is 9.59 Å². The fourth-order valence-electron chi connectivity index (χ4n) is 4.36. The van der Waals surface area contributed by atoms with E-state index < -0.39 is 16.7 Å². The molecule has 0 radical (unpaired) electrons. The SMILES string of the molecule is O=C(O)CC(Cl)Cl.[2H][C@@]1(CN(C)C)C(=O)OC2C3C[C@]3(C)CC/C=C(\C)CCC21. The van der Waals surface area contributed by atoms with Crippen molar-refractivity contribution in [3.8, 4) is 0 Å². The first-order valence-electron chi connectivity index (χ1n) is 10.4. The quantitative estimate of drug-likeness (QED) is 0.400. The third-order valence-electron chi connectivity index (χ3n) is 6.04. The van der Waals surface area contributed by atoms with E-state index in [1.54, 1.807) is 0 Å². The molecule has 3 rings (SSSR count). The van der Waals surface area contributed by atoms with Crippen molar-refractivity contribution in [3.63, 3.8) is 0 Å². The van der Waals surface area contributed by atoms with Crippen molar-refractivity contribution >= 4 is 35.1 Å². The van der Waals surface area contributed by atoms with Crippen LogP contribution in [0.3, 0.4) is 0 Å². The predicted octanol–water partition coefficient (Wildman–Crippen LogP) is 4.52. The normalized spacial score (nSPS) is 39.6. The van der Waals surface area contributed by atoms with Crippen LogP contribution >= 0.6 is 23.2 Å². The summed E-state index contributed by atoms with van der Waals surface area (Å²) in [6.45, 7) is 4.96. The van der Waals surface area contributed by atoms with Gasteiger partial charge in [-0.2, -0.15) is 0 Å². The Labute approximate surface area is 179 Å². The first kappa shape index (κ1) is 21.9. The summed E-state index contributed by atoms with van der Waals surface area (Å²) >= 11 is 10.1. The molecular formula is C21H33Cl2NO4. The van der Waals surface area contributed by atoms with Gasteiger partial charge >= 0.3 is 11.9 Å². The topological polar surface area (TPSA) is 66.8 Å². The summed E-state index contributed by atoms with van der Waals surface area (Å²) in [6.07, 6.45) is 7.45. The molecule has 1 heterocycles. The molecule has 0 aromatic rings. The third kappa shape index (κ3) is 6.36. The zero-order valence-corrected chi connectivity index (χ0v) is 18.7. The van der Waals surface area contributed by atoms with E-state index in [1.165, 1.54) is 12.0 Å². The van der Waals surface area contributed by atoms with Crippen LogP contribution in [0.15, 0.2) is 11.6 Å². The molecule has 5 atom stereocenters. The second kappa shape index (κ2) is 9.82. The Morgan fingerprint density at radius 3 is 2.71 bits per heavy atom. The lowest BCUT2D eigenvalue weighted by atomic mass is 9.80. The van der Waals surface area contributed by atoms with E-state index in [0.29, 0.717) is 17.9 Å². The Balaban J connectivity index is 0.000000370. The summed E-state index contributed by atoms with van der Waals surface area (Å²) in [6, 6.07) is 0. The second-order valence-electron chi connectivity index (χ2n) is 8.82. The van der Waals surface area contributed by atoms with Gasteiger partial charge in [-0.3, -0.25) is 9.59 Å². The number of carbonyl (C=O) groups excluding carboxylic acids is 1. The van der Waals surface area contributed by atoms with Crippen LogP contribution in [0.4, 0.5) is 0 Å². The number of hydrogen-bond acceptors (Lipinski definition) is 4. The fraction of sp³-hybridized carbons (Fsp3) is 0.810. The molecule has 5 nitrogen and oxygen atoms in total. The van der Waals surface area contributed by atoms with Gasteiger partial charge in [-0.05, 0) is 58.5 Å². The van der Waals surface area contributed by atoms with Gasteiger partial charge in [0, 0.05) is 19.8 Å². The molecule has 1 saturated heterocycles. The number of aliphatic carboxylic acids is 1. The molecule has 0 aromatic carbocycles. The lowest BCUT2D eigenvalue weighted by Gasteiger charge is -2.25. The Bertz CT molecular complexity index is 657. The molecule has 1 aliphatic heterocycles. The smallest absolute Gasteiger partial charge is 0.310 e. The van der Waals surface area contributed by atoms with Crippen LogP contribution in [-0.2, 0) is 14.3 Å². The van der Waals surface area contributed by atoms with Crippen molar-refractivity contribution in [1.29, 1.82) is 0 Å². The maximum atomic E-state index is 12.5. The predicted molar refractivity (Wildman–Crippen MR) is 112 cm³/mol. The Morgan fingerprint density at radius 1 is 1.50 bits per heavy atom. The molecule has 28 heavy (non-hydrogen) atoms. The van der Waals surface area contributed by atoms with Crippen molar-refractivity contribution in [3.05, 3.63) is 11.6 Å².